The molecule has 3 aromatic rings. The predicted molar refractivity (Wildman–Crippen MR) is 139 cm³/mol. The van der Waals surface area contributed by atoms with E-state index in [-0.39, 0.29) is 54.3 Å². The van der Waals surface area contributed by atoms with Crippen molar-refractivity contribution in [1.29, 1.82) is 5.26 Å². The minimum Gasteiger partial charge on any atom is -0.493 e. The van der Waals surface area contributed by atoms with Crippen molar-refractivity contribution in [3.05, 3.63) is 89.0 Å². The Kier molecular flexibility index (Phi) is 9.43. The van der Waals surface area contributed by atoms with Gasteiger partial charge in [-0.15, -0.1) is 0 Å². The number of hydrogen-bond acceptors (Lipinski definition) is 8. The molecule has 39 heavy (non-hydrogen) atoms. The van der Waals surface area contributed by atoms with Crippen LogP contribution in [0.3, 0.4) is 0 Å². The van der Waals surface area contributed by atoms with Gasteiger partial charge in [0.25, 0.3) is 0 Å². The molecule has 11 heteroatoms. The highest BCUT2D eigenvalue weighted by Gasteiger charge is 2.34. The Morgan fingerprint density at radius 3 is 2.31 bits per heavy atom. The molecule has 202 valence electrons. The number of benzene rings is 3. The van der Waals surface area contributed by atoms with Crippen LogP contribution in [0.4, 0.5) is 20.2 Å². The normalized spacial score (nSPS) is 11.1. The number of carbonyl (C=O) groups is 2. The molecule has 0 amide bonds. The molecule has 0 fully saturated rings. The third kappa shape index (κ3) is 8.19. The van der Waals surface area contributed by atoms with E-state index in [1.54, 1.807) is 0 Å². The average Bonchev–Trinajstić information content (AvgIpc) is 2.89. The van der Waals surface area contributed by atoms with E-state index in [9.17, 15) is 23.5 Å². The van der Waals surface area contributed by atoms with Gasteiger partial charge in [-0.3, -0.25) is 0 Å². The number of nitrogens with two attached hydrogens (primary N) is 2. The van der Waals surface area contributed by atoms with Crippen LogP contribution in [0.2, 0.25) is 0 Å². The van der Waals surface area contributed by atoms with Gasteiger partial charge in [0.15, 0.2) is 0 Å². The van der Waals surface area contributed by atoms with E-state index in [1.165, 1.54) is 66.7 Å². The smallest absolute Gasteiger partial charge is 0.426 e. The summed E-state index contributed by atoms with van der Waals surface area (Å²) in [5, 5.41) is 17.8. The largest absolute Gasteiger partial charge is 0.493 e. The van der Waals surface area contributed by atoms with E-state index in [0.29, 0.717) is 16.9 Å². The van der Waals surface area contributed by atoms with E-state index in [2.05, 4.69) is 0 Å². The van der Waals surface area contributed by atoms with E-state index in [1.807, 2.05) is 6.07 Å². The fraction of sp³-hybridized carbons (Fsp3) is 0.179. The predicted octanol–water partition coefficient (Wildman–Crippen LogP) is 4.77. The number of carbonyl (C=O) groups excluding carboxylic acids is 1. The number of carboxylic acids is 1. The van der Waals surface area contributed by atoms with Gasteiger partial charge < -0.3 is 30.8 Å². The first-order valence-corrected chi connectivity index (χ1v) is 11.6. The molecule has 0 saturated carbocycles. The lowest BCUT2D eigenvalue weighted by Crippen LogP contribution is -2.21. The van der Waals surface area contributed by atoms with Gasteiger partial charge in [0, 0.05) is 23.9 Å². The van der Waals surface area contributed by atoms with Gasteiger partial charge in [0.1, 0.15) is 18.1 Å². The Hall–Kier alpha value is -5.11. The number of aromatic carboxylic acids is 1. The Labute approximate surface area is 222 Å². The molecule has 0 radical (unpaired) electrons. The number of esters is 1. The molecule has 9 nitrogen and oxygen atoms in total. The summed E-state index contributed by atoms with van der Waals surface area (Å²) in [6, 6.07) is 15.3. The van der Waals surface area contributed by atoms with Gasteiger partial charge in [-0.25, -0.2) is 9.59 Å². The van der Waals surface area contributed by atoms with Crippen molar-refractivity contribution in [1.82, 2.24) is 0 Å². The summed E-state index contributed by atoms with van der Waals surface area (Å²) >= 11 is 0. The van der Waals surface area contributed by atoms with Crippen molar-refractivity contribution in [3.8, 4) is 17.6 Å². The molecule has 0 spiro atoms. The van der Waals surface area contributed by atoms with Crippen LogP contribution in [0, 0.1) is 11.3 Å². The van der Waals surface area contributed by atoms with Crippen LogP contribution in [0.25, 0.3) is 6.08 Å². The second kappa shape index (κ2) is 12.9. The number of nitrogens with zero attached hydrogens (tertiary/aromatic N) is 1. The molecule has 0 atom stereocenters. The molecule has 0 saturated heterocycles. The number of nitrogen functional groups attached to an aromatic ring is 2. The number of carboxylic acid groups (broad SMARTS) is 1. The summed E-state index contributed by atoms with van der Waals surface area (Å²) in [6.07, 6.45) is -0.779. The lowest BCUT2D eigenvalue weighted by atomic mass is 10.0. The Morgan fingerprint density at radius 1 is 1.00 bits per heavy atom. The highest BCUT2D eigenvalue weighted by Crippen LogP contribution is 2.32. The Bertz CT molecular complexity index is 1380. The van der Waals surface area contributed by atoms with Gasteiger partial charge in [0.2, 0.25) is 0 Å². The van der Waals surface area contributed by atoms with E-state index in [4.69, 9.17) is 30.9 Å². The van der Waals surface area contributed by atoms with E-state index >= 15 is 0 Å². The molecule has 0 unspecified atom stereocenters. The van der Waals surface area contributed by atoms with Crippen LogP contribution in [0.15, 0.2) is 66.7 Å². The molecule has 0 aromatic heterocycles. The van der Waals surface area contributed by atoms with Gasteiger partial charge in [-0.1, -0.05) is 12.1 Å². The first-order valence-electron chi connectivity index (χ1n) is 11.6. The summed E-state index contributed by atoms with van der Waals surface area (Å²) in [5.74, 6) is -1.62. The van der Waals surface area contributed by atoms with Crippen LogP contribution >= 0.6 is 0 Å². The summed E-state index contributed by atoms with van der Waals surface area (Å²) < 4.78 is 44.4. The monoisotopic (exact) mass is 537 g/mol. The molecule has 0 aliphatic heterocycles. The maximum absolute atomic E-state index is 14.6. The lowest BCUT2D eigenvalue weighted by Gasteiger charge is -2.18. The molecule has 0 aliphatic carbocycles. The van der Waals surface area contributed by atoms with Gasteiger partial charge in [-0.2, -0.15) is 14.0 Å². The minimum atomic E-state index is -3.61. The molecule has 0 heterocycles. The number of hydrogen-bond donors (Lipinski definition) is 3. The Morgan fingerprint density at radius 2 is 1.67 bits per heavy atom. The third-order valence-electron chi connectivity index (χ3n) is 5.34. The summed E-state index contributed by atoms with van der Waals surface area (Å²) in [4.78, 5) is 23.5. The topological polar surface area (TPSA) is 158 Å². The summed E-state index contributed by atoms with van der Waals surface area (Å²) in [6.45, 7) is 0.0417. The van der Waals surface area contributed by atoms with Crippen molar-refractivity contribution >= 4 is 29.4 Å². The summed E-state index contributed by atoms with van der Waals surface area (Å²) in [5.41, 5.74) is 12.3. The van der Waals surface area contributed by atoms with Crippen LogP contribution in [-0.2, 0) is 22.1 Å². The van der Waals surface area contributed by atoms with Gasteiger partial charge >= 0.3 is 18.0 Å². The Balaban J connectivity index is 1.52. The van der Waals surface area contributed by atoms with E-state index in [0.717, 1.165) is 6.08 Å². The number of ether oxygens (including phenoxy) is 3. The zero-order chi connectivity index (χ0) is 28.4. The summed E-state index contributed by atoms with van der Waals surface area (Å²) in [7, 11) is 0. The second-order valence-electron chi connectivity index (χ2n) is 8.16. The van der Waals surface area contributed by atoms with Crippen molar-refractivity contribution < 1.29 is 37.7 Å². The fourth-order valence-corrected chi connectivity index (χ4v) is 3.47. The zero-order valence-electron chi connectivity index (χ0n) is 20.6. The number of halogens is 2. The lowest BCUT2D eigenvalue weighted by molar-refractivity contribution is -0.185. The molecule has 0 bridgehead atoms. The standard InChI is InChI=1S/C28H25F2N3O6/c29-28(30,19-5-9-21(10-6-19)37-14-1-13-31)39-22-7-2-18(3-8-22)4-11-26(34)38-15-12-23-24(27(35)36)16-20(32)17-25(23)33/h2-11,16-17H,1,12,14-15,32-33H2,(H,35,36). The fourth-order valence-electron chi connectivity index (χ4n) is 3.47. The molecule has 0 aliphatic rings. The second-order valence-corrected chi connectivity index (χ2v) is 8.16. The van der Waals surface area contributed by atoms with Crippen molar-refractivity contribution in [2.24, 2.45) is 0 Å². The van der Waals surface area contributed by atoms with Crippen LogP contribution in [0.5, 0.6) is 11.5 Å². The number of rotatable bonds is 12. The highest BCUT2D eigenvalue weighted by molar-refractivity contribution is 5.92. The van der Waals surface area contributed by atoms with Gasteiger partial charge in [0.05, 0.1) is 30.2 Å². The van der Waals surface area contributed by atoms with Crippen molar-refractivity contribution in [3.63, 3.8) is 0 Å². The molecule has 5 N–H and O–H groups in total. The molecular weight excluding hydrogens is 512 g/mol. The first-order chi connectivity index (χ1) is 18.6. The number of alkyl halides is 2. The number of nitriles is 1. The molecule has 3 rings (SSSR count). The van der Waals surface area contributed by atoms with Crippen molar-refractivity contribution in [2.45, 2.75) is 19.0 Å². The van der Waals surface area contributed by atoms with Crippen LogP contribution < -0.4 is 20.9 Å². The maximum Gasteiger partial charge on any atom is 0.426 e. The average molecular weight is 538 g/mol. The van der Waals surface area contributed by atoms with Crippen LogP contribution in [-0.4, -0.2) is 30.3 Å². The molecular formula is C28H25F2N3O6. The van der Waals surface area contributed by atoms with E-state index < -0.39 is 18.0 Å². The SMILES string of the molecule is N#CCCOc1ccc(C(F)(F)Oc2ccc(C=CC(=O)OCCc3c(N)cc(N)cc3C(=O)O)cc2)cc1. The molecule has 3 aromatic carbocycles. The van der Waals surface area contributed by atoms with Gasteiger partial charge in [-0.05, 0) is 65.7 Å². The zero-order valence-corrected chi connectivity index (χ0v) is 20.6. The maximum atomic E-state index is 14.6. The van der Waals surface area contributed by atoms with Crippen molar-refractivity contribution in [2.75, 3.05) is 24.7 Å². The minimum absolute atomic E-state index is 0.0648. The highest BCUT2D eigenvalue weighted by atomic mass is 19.3. The quantitative estimate of drug-likeness (QED) is 0.128. The number of anilines is 2. The van der Waals surface area contributed by atoms with Crippen LogP contribution in [0.1, 0.15) is 33.5 Å². The third-order valence-corrected chi connectivity index (χ3v) is 5.34. The first kappa shape index (κ1) is 28.5.